The number of esters is 1. The average Bonchev–Trinajstić information content (AvgIpc) is 2.87. The molecule has 0 aliphatic carbocycles. The summed E-state index contributed by atoms with van der Waals surface area (Å²) in [6.45, 7) is 3.32. The molecule has 0 aliphatic rings. The van der Waals surface area contributed by atoms with Crippen LogP contribution in [0.1, 0.15) is 41.8 Å². The molecule has 39 heavy (non-hydrogen) atoms. The predicted octanol–water partition coefficient (Wildman–Crippen LogP) is 5.30. The first kappa shape index (κ1) is 30.4. The number of carbonyl (C=O) groups excluding carboxylic acids is 2. The van der Waals surface area contributed by atoms with Crippen LogP contribution in [-0.2, 0) is 32.6 Å². The number of aromatic hydroxyl groups is 1. The van der Waals surface area contributed by atoms with E-state index in [1.807, 2.05) is 0 Å². The zero-order valence-corrected chi connectivity index (χ0v) is 23.5. The molecule has 3 aromatic rings. The van der Waals surface area contributed by atoms with Gasteiger partial charge in [-0.1, -0.05) is 47.5 Å². The number of carbonyl (C=O) groups is 2. The Kier molecular flexibility index (Phi) is 10.3. The van der Waals surface area contributed by atoms with E-state index in [1.165, 1.54) is 42.5 Å². The number of nitrogens with zero attached hydrogens (tertiary/aromatic N) is 1. The summed E-state index contributed by atoms with van der Waals surface area (Å²) in [4.78, 5) is 23.7. The first-order valence-corrected chi connectivity index (χ1v) is 14.1. The average molecular weight is 597 g/mol. The fourth-order valence-corrected chi connectivity index (χ4v) is 5.85. The molecule has 1 amide bonds. The van der Waals surface area contributed by atoms with Crippen LogP contribution in [0.4, 0.5) is 4.39 Å². The number of rotatable bonds is 11. The molecule has 1 atom stereocenters. The monoisotopic (exact) mass is 596 g/mol. The first-order chi connectivity index (χ1) is 18.4. The number of hydrogen-bond donors (Lipinski definition) is 2. The van der Waals surface area contributed by atoms with Gasteiger partial charge in [0.05, 0.1) is 18.1 Å². The number of nitrogens with one attached hydrogen (secondary N) is 1. The van der Waals surface area contributed by atoms with Gasteiger partial charge in [-0.2, -0.15) is 4.31 Å². The van der Waals surface area contributed by atoms with Crippen molar-refractivity contribution in [3.63, 3.8) is 0 Å². The number of benzene rings is 3. The SMILES string of the molecule is CCOC(=O)CC(C)NC(=O)c1ccc(CN(Cc2ccc(F)cc2)S(=O)(=O)c2cc(Cl)cc(Cl)c2O)cc1. The molecular weight excluding hydrogens is 570 g/mol. The quantitative estimate of drug-likeness (QED) is 0.290. The minimum Gasteiger partial charge on any atom is -0.505 e. The Bertz CT molecular complexity index is 1430. The summed E-state index contributed by atoms with van der Waals surface area (Å²) in [6, 6.07) is 13.4. The standard InChI is InChI=1S/C27H27Cl2FN2O6S/c1-3-38-25(33)12-17(2)31-27(35)20-8-4-18(5-9-20)15-32(16-19-6-10-22(30)11-7-19)39(36,37)24-14-21(28)13-23(29)26(24)34/h4-11,13-14,17,34H,3,12,15-16H2,1-2H3,(H,31,35). The molecule has 0 aliphatic heterocycles. The molecule has 0 heterocycles. The lowest BCUT2D eigenvalue weighted by Crippen LogP contribution is -2.34. The van der Waals surface area contributed by atoms with Gasteiger partial charge >= 0.3 is 5.97 Å². The summed E-state index contributed by atoms with van der Waals surface area (Å²) in [5, 5.41) is 12.9. The van der Waals surface area contributed by atoms with Crippen LogP contribution in [-0.4, -0.2) is 42.4 Å². The van der Waals surface area contributed by atoms with E-state index in [2.05, 4.69) is 5.32 Å². The third-order valence-corrected chi connectivity index (χ3v) is 7.93. The molecule has 3 rings (SSSR count). The van der Waals surface area contributed by atoms with E-state index in [0.29, 0.717) is 16.7 Å². The number of amides is 1. The summed E-state index contributed by atoms with van der Waals surface area (Å²) in [5.41, 5.74) is 1.34. The van der Waals surface area contributed by atoms with Crippen molar-refractivity contribution in [2.45, 2.75) is 44.3 Å². The number of phenols is 1. The van der Waals surface area contributed by atoms with Crippen molar-refractivity contribution in [1.82, 2.24) is 9.62 Å². The maximum Gasteiger partial charge on any atom is 0.307 e. The number of sulfonamides is 1. The third kappa shape index (κ3) is 8.15. The van der Waals surface area contributed by atoms with Crippen molar-refractivity contribution >= 4 is 45.1 Å². The normalized spacial score (nSPS) is 12.3. The Morgan fingerprint density at radius 1 is 1.03 bits per heavy atom. The van der Waals surface area contributed by atoms with Crippen LogP contribution in [0, 0.1) is 5.82 Å². The molecule has 0 aromatic heterocycles. The number of ether oxygens (including phenoxy) is 1. The summed E-state index contributed by atoms with van der Waals surface area (Å²) in [6.07, 6.45) is 0.0221. The number of phenolic OH excluding ortho intramolecular Hbond substituents is 1. The van der Waals surface area contributed by atoms with E-state index in [4.69, 9.17) is 27.9 Å². The molecule has 3 aromatic carbocycles. The Hall–Kier alpha value is -3.18. The van der Waals surface area contributed by atoms with Crippen LogP contribution in [0.3, 0.4) is 0 Å². The fourth-order valence-electron chi connectivity index (χ4n) is 3.69. The molecule has 0 saturated heterocycles. The minimum absolute atomic E-state index is 0.0191. The highest BCUT2D eigenvalue weighted by Gasteiger charge is 2.29. The zero-order chi connectivity index (χ0) is 28.7. The third-order valence-electron chi connectivity index (χ3n) is 5.61. The molecule has 0 spiro atoms. The number of hydrogen-bond acceptors (Lipinski definition) is 6. The van der Waals surface area contributed by atoms with Crippen molar-refractivity contribution in [2.24, 2.45) is 0 Å². The maximum atomic E-state index is 13.6. The van der Waals surface area contributed by atoms with Crippen molar-refractivity contribution in [2.75, 3.05) is 6.61 Å². The maximum absolute atomic E-state index is 13.6. The Morgan fingerprint density at radius 3 is 2.15 bits per heavy atom. The van der Waals surface area contributed by atoms with E-state index < -0.39 is 44.4 Å². The van der Waals surface area contributed by atoms with Crippen molar-refractivity contribution < 1.29 is 32.2 Å². The van der Waals surface area contributed by atoms with E-state index in [-0.39, 0.29) is 36.2 Å². The molecule has 0 fully saturated rings. The van der Waals surface area contributed by atoms with Gasteiger partial charge in [0.15, 0.2) is 5.75 Å². The van der Waals surface area contributed by atoms with Crippen molar-refractivity contribution in [3.05, 3.63) is 93.2 Å². The minimum atomic E-state index is -4.34. The lowest BCUT2D eigenvalue weighted by Gasteiger charge is -2.23. The van der Waals surface area contributed by atoms with Crippen LogP contribution in [0.5, 0.6) is 5.75 Å². The zero-order valence-electron chi connectivity index (χ0n) is 21.2. The summed E-state index contributed by atoms with van der Waals surface area (Å²) in [5.74, 6) is -1.95. The second-order valence-electron chi connectivity index (χ2n) is 8.71. The number of halogens is 3. The van der Waals surface area contributed by atoms with Crippen LogP contribution < -0.4 is 5.32 Å². The van der Waals surface area contributed by atoms with Crippen LogP contribution in [0.25, 0.3) is 0 Å². The van der Waals surface area contributed by atoms with Gasteiger partial charge in [-0.15, -0.1) is 0 Å². The lowest BCUT2D eigenvalue weighted by atomic mass is 10.1. The van der Waals surface area contributed by atoms with Crippen molar-refractivity contribution in [3.8, 4) is 5.75 Å². The molecule has 1 unspecified atom stereocenters. The molecule has 2 N–H and O–H groups in total. The highest BCUT2D eigenvalue weighted by Crippen LogP contribution is 2.36. The lowest BCUT2D eigenvalue weighted by molar-refractivity contribution is -0.143. The van der Waals surface area contributed by atoms with Gasteiger partial charge < -0.3 is 15.2 Å². The van der Waals surface area contributed by atoms with Crippen LogP contribution in [0.15, 0.2) is 65.6 Å². The second kappa shape index (κ2) is 13.3. The Labute approximate surface area is 236 Å². The fraction of sp³-hybridized carbons (Fsp3) is 0.259. The van der Waals surface area contributed by atoms with Crippen LogP contribution in [0.2, 0.25) is 10.0 Å². The second-order valence-corrected chi connectivity index (χ2v) is 11.5. The van der Waals surface area contributed by atoms with Gasteiger partial charge in [0.25, 0.3) is 5.91 Å². The van der Waals surface area contributed by atoms with Gasteiger partial charge in [-0.05, 0) is 61.4 Å². The molecule has 0 bridgehead atoms. The highest BCUT2D eigenvalue weighted by molar-refractivity contribution is 7.89. The largest absolute Gasteiger partial charge is 0.505 e. The Morgan fingerprint density at radius 2 is 1.59 bits per heavy atom. The van der Waals surface area contributed by atoms with Gasteiger partial charge in [0.2, 0.25) is 10.0 Å². The van der Waals surface area contributed by atoms with Crippen molar-refractivity contribution in [1.29, 1.82) is 0 Å². The topological polar surface area (TPSA) is 113 Å². The first-order valence-electron chi connectivity index (χ1n) is 11.9. The van der Waals surface area contributed by atoms with E-state index in [0.717, 1.165) is 10.4 Å². The predicted molar refractivity (Wildman–Crippen MR) is 146 cm³/mol. The van der Waals surface area contributed by atoms with Gasteiger partial charge in [-0.3, -0.25) is 9.59 Å². The Balaban J connectivity index is 1.85. The summed E-state index contributed by atoms with van der Waals surface area (Å²) < 4.78 is 46.7. The summed E-state index contributed by atoms with van der Waals surface area (Å²) >= 11 is 12.0. The molecular formula is C27H27Cl2FN2O6S. The molecule has 8 nitrogen and oxygen atoms in total. The molecule has 0 radical (unpaired) electrons. The highest BCUT2D eigenvalue weighted by atomic mass is 35.5. The van der Waals surface area contributed by atoms with E-state index in [9.17, 15) is 27.5 Å². The van der Waals surface area contributed by atoms with E-state index in [1.54, 1.807) is 26.0 Å². The van der Waals surface area contributed by atoms with Crippen LogP contribution >= 0.6 is 23.2 Å². The molecule has 12 heteroatoms. The molecule has 208 valence electrons. The smallest absolute Gasteiger partial charge is 0.307 e. The molecule has 0 saturated carbocycles. The van der Waals surface area contributed by atoms with Gasteiger partial charge in [0.1, 0.15) is 10.7 Å². The summed E-state index contributed by atoms with van der Waals surface area (Å²) in [7, 11) is -4.34. The van der Waals surface area contributed by atoms with E-state index >= 15 is 0 Å². The van der Waals surface area contributed by atoms with Gasteiger partial charge in [-0.25, -0.2) is 12.8 Å². The van der Waals surface area contributed by atoms with Gasteiger partial charge in [0, 0.05) is 29.7 Å².